The van der Waals surface area contributed by atoms with E-state index in [1.165, 1.54) is 12.8 Å². The number of hydrogen-bond donors (Lipinski definition) is 1. The van der Waals surface area contributed by atoms with Gasteiger partial charge in [0.05, 0.1) is 5.69 Å². The molecule has 1 aliphatic rings. The molecule has 0 radical (unpaired) electrons. The van der Waals surface area contributed by atoms with E-state index in [1.807, 2.05) is 18.2 Å². The molecule has 1 atom stereocenters. The molecule has 0 amide bonds. The Labute approximate surface area is 118 Å². The second-order valence-electron chi connectivity index (χ2n) is 5.49. The van der Waals surface area contributed by atoms with Crippen molar-refractivity contribution in [3.63, 3.8) is 0 Å². The van der Waals surface area contributed by atoms with Crippen LogP contribution in [0.4, 0.5) is 0 Å². The minimum Gasteiger partial charge on any atom is -0.330 e. The van der Waals surface area contributed by atoms with Gasteiger partial charge < -0.3 is 5.73 Å². The molecule has 3 heterocycles. The van der Waals surface area contributed by atoms with Crippen LogP contribution in [0.5, 0.6) is 0 Å². The van der Waals surface area contributed by atoms with Crippen LogP contribution in [0.2, 0.25) is 0 Å². The molecular weight excluding hydrogens is 252 g/mol. The van der Waals surface area contributed by atoms with Crippen molar-refractivity contribution in [2.24, 2.45) is 11.7 Å². The van der Waals surface area contributed by atoms with Gasteiger partial charge in [-0.1, -0.05) is 6.07 Å². The second-order valence-corrected chi connectivity index (χ2v) is 5.49. The molecule has 2 aromatic rings. The zero-order chi connectivity index (χ0) is 13.9. The average Bonchev–Trinajstić information content (AvgIpc) is 2.47. The lowest BCUT2D eigenvalue weighted by Gasteiger charge is -2.31. The topological polar surface area (TPSA) is 63.6 Å². The molecule has 1 unspecified atom stereocenters. The zero-order valence-corrected chi connectivity index (χ0v) is 11.5. The number of nitrogens with two attached hydrogens (primary N) is 1. The highest BCUT2D eigenvalue weighted by atomic mass is 16.1. The van der Waals surface area contributed by atoms with Gasteiger partial charge in [-0.05, 0) is 44.0 Å². The molecule has 1 saturated heterocycles. The molecule has 0 aromatic carbocycles. The molecule has 1 aliphatic heterocycles. The van der Waals surface area contributed by atoms with Crippen molar-refractivity contribution in [2.75, 3.05) is 19.6 Å². The second kappa shape index (κ2) is 5.73. The lowest BCUT2D eigenvalue weighted by Crippen LogP contribution is -2.38. The highest BCUT2D eigenvalue weighted by Gasteiger charge is 2.19. The first-order chi connectivity index (χ1) is 9.76. The molecule has 0 aliphatic carbocycles. The summed E-state index contributed by atoms with van der Waals surface area (Å²) in [4.78, 5) is 19.0. The van der Waals surface area contributed by atoms with Crippen molar-refractivity contribution in [1.82, 2.24) is 14.3 Å². The molecule has 2 N–H and O–H groups in total. The molecular formula is C15H20N4O. The summed E-state index contributed by atoms with van der Waals surface area (Å²) in [6, 6.07) is 7.24. The molecule has 3 rings (SSSR count). The fraction of sp³-hybridized carbons (Fsp3) is 0.467. The Hall–Kier alpha value is -1.72. The van der Waals surface area contributed by atoms with Crippen molar-refractivity contribution >= 4 is 5.65 Å². The van der Waals surface area contributed by atoms with E-state index < -0.39 is 0 Å². The monoisotopic (exact) mass is 272 g/mol. The number of piperidine rings is 1. The Morgan fingerprint density at radius 2 is 2.30 bits per heavy atom. The van der Waals surface area contributed by atoms with E-state index in [1.54, 1.807) is 16.7 Å². The van der Waals surface area contributed by atoms with Crippen LogP contribution in [-0.4, -0.2) is 33.9 Å². The highest BCUT2D eigenvalue weighted by molar-refractivity contribution is 5.37. The zero-order valence-electron chi connectivity index (χ0n) is 11.5. The van der Waals surface area contributed by atoms with Crippen LogP contribution in [0.25, 0.3) is 5.65 Å². The molecule has 2 aromatic heterocycles. The largest absolute Gasteiger partial charge is 0.330 e. The van der Waals surface area contributed by atoms with Gasteiger partial charge in [0.1, 0.15) is 5.65 Å². The third kappa shape index (κ3) is 2.73. The van der Waals surface area contributed by atoms with E-state index in [0.29, 0.717) is 11.6 Å². The third-order valence-corrected chi connectivity index (χ3v) is 3.95. The maximum absolute atomic E-state index is 12.0. The van der Waals surface area contributed by atoms with E-state index in [9.17, 15) is 4.79 Å². The summed E-state index contributed by atoms with van der Waals surface area (Å²) in [6.45, 7) is 3.54. The highest BCUT2D eigenvalue weighted by Crippen LogP contribution is 2.16. The SMILES string of the molecule is NCC1CCCN(Cc2cc(=O)n3ccccc3n2)C1. The third-order valence-electron chi connectivity index (χ3n) is 3.95. The fourth-order valence-corrected chi connectivity index (χ4v) is 2.90. The van der Waals surface area contributed by atoms with Crippen LogP contribution in [0.1, 0.15) is 18.5 Å². The maximum atomic E-state index is 12.0. The van der Waals surface area contributed by atoms with Gasteiger partial charge in [0, 0.05) is 25.4 Å². The lowest BCUT2D eigenvalue weighted by atomic mass is 9.98. The van der Waals surface area contributed by atoms with Gasteiger partial charge >= 0.3 is 0 Å². The van der Waals surface area contributed by atoms with Crippen LogP contribution in [-0.2, 0) is 6.54 Å². The van der Waals surface area contributed by atoms with Crippen LogP contribution in [0, 0.1) is 5.92 Å². The van der Waals surface area contributed by atoms with Gasteiger partial charge in [-0.15, -0.1) is 0 Å². The summed E-state index contributed by atoms with van der Waals surface area (Å²) >= 11 is 0. The van der Waals surface area contributed by atoms with E-state index in [-0.39, 0.29) is 5.56 Å². The number of nitrogens with zero attached hydrogens (tertiary/aromatic N) is 3. The van der Waals surface area contributed by atoms with Gasteiger partial charge in [0.2, 0.25) is 0 Å². The molecule has 0 saturated carbocycles. The summed E-state index contributed by atoms with van der Waals surface area (Å²) in [5.41, 5.74) is 7.30. The van der Waals surface area contributed by atoms with Crippen molar-refractivity contribution in [1.29, 1.82) is 0 Å². The van der Waals surface area contributed by atoms with Crippen molar-refractivity contribution in [2.45, 2.75) is 19.4 Å². The van der Waals surface area contributed by atoms with Crippen LogP contribution in [0.3, 0.4) is 0 Å². The predicted molar refractivity (Wildman–Crippen MR) is 78.5 cm³/mol. The molecule has 5 heteroatoms. The van der Waals surface area contributed by atoms with Gasteiger partial charge in [0.15, 0.2) is 0 Å². The minimum absolute atomic E-state index is 0.0158. The van der Waals surface area contributed by atoms with E-state index in [4.69, 9.17) is 5.73 Å². The molecule has 1 fully saturated rings. The molecule has 0 bridgehead atoms. The summed E-state index contributed by atoms with van der Waals surface area (Å²) in [7, 11) is 0. The predicted octanol–water partition coefficient (Wildman–Crippen LogP) is 0.865. The number of fused-ring (bicyclic) bond motifs is 1. The quantitative estimate of drug-likeness (QED) is 0.900. The maximum Gasteiger partial charge on any atom is 0.258 e. The van der Waals surface area contributed by atoms with E-state index in [2.05, 4.69) is 9.88 Å². The number of pyridine rings is 1. The van der Waals surface area contributed by atoms with Crippen LogP contribution in [0.15, 0.2) is 35.3 Å². The standard InChI is InChI=1S/C15H20N4O/c16-9-12-4-3-6-18(10-12)11-13-8-15(20)19-7-2-1-5-14(19)17-13/h1-2,5,7-8,12H,3-4,6,9-11,16H2. The lowest BCUT2D eigenvalue weighted by molar-refractivity contribution is 0.169. The first-order valence-corrected chi connectivity index (χ1v) is 7.16. The summed E-state index contributed by atoms with van der Waals surface area (Å²) in [5, 5.41) is 0. The summed E-state index contributed by atoms with van der Waals surface area (Å²) in [6.07, 6.45) is 4.13. The van der Waals surface area contributed by atoms with E-state index >= 15 is 0 Å². The Morgan fingerprint density at radius 1 is 1.40 bits per heavy atom. The first kappa shape index (κ1) is 13.3. The Morgan fingerprint density at radius 3 is 3.15 bits per heavy atom. The Balaban J connectivity index is 1.82. The fourth-order valence-electron chi connectivity index (χ4n) is 2.90. The van der Waals surface area contributed by atoms with Crippen LogP contribution >= 0.6 is 0 Å². The van der Waals surface area contributed by atoms with Crippen LogP contribution < -0.4 is 11.3 Å². The van der Waals surface area contributed by atoms with Crippen molar-refractivity contribution < 1.29 is 0 Å². The number of aromatic nitrogens is 2. The van der Waals surface area contributed by atoms with Gasteiger partial charge in [-0.3, -0.25) is 14.1 Å². The summed E-state index contributed by atoms with van der Waals surface area (Å²) in [5.74, 6) is 0.574. The van der Waals surface area contributed by atoms with Gasteiger partial charge in [-0.25, -0.2) is 4.98 Å². The first-order valence-electron chi connectivity index (χ1n) is 7.16. The molecule has 106 valence electrons. The normalized spacial score (nSPS) is 20.4. The summed E-state index contributed by atoms with van der Waals surface area (Å²) < 4.78 is 1.57. The number of rotatable bonds is 3. The van der Waals surface area contributed by atoms with Gasteiger partial charge in [0.25, 0.3) is 5.56 Å². The number of hydrogen-bond acceptors (Lipinski definition) is 4. The Bertz CT molecular complexity index is 652. The molecule has 0 spiro atoms. The molecule has 5 nitrogen and oxygen atoms in total. The molecule has 20 heavy (non-hydrogen) atoms. The van der Waals surface area contributed by atoms with Crippen molar-refractivity contribution in [3.8, 4) is 0 Å². The Kier molecular flexibility index (Phi) is 3.80. The average molecular weight is 272 g/mol. The van der Waals surface area contributed by atoms with Gasteiger partial charge in [-0.2, -0.15) is 0 Å². The van der Waals surface area contributed by atoms with E-state index in [0.717, 1.165) is 31.9 Å². The minimum atomic E-state index is -0.0158. The van der Waals surface area contributed by atoms with Crippen molar-refractivity contribution in [3.05, 3.63) is 46.5 Å². The smallest absolute Gasteiger partial charge is 0.258 e. The number of likely N-dealkylation sites (tertiary alicyclic amines) is 1.